The van der Waals surface area contributed by atoms with Gasteiger partial charge in [0.1, 0.15) is 0 Å². The minimum Gasteiger partial charge on any atom is -0.493 e. The molecule has 0 saturated heterocycles. The fourth-order valence-electron chi connectivity index (χ4n) is 2.56. The lowest BCUT2D eigenvalue weighted by molar-refractivity contribution is 0.0952. The summed E-state index contributed by atoms with van der Waals surface area (Å²) in [7, 11) is 3.18. The molecule has 0 unspecified atom stereocenters. The quantitative estimate of drug-likeness (QED) is 0.784. The monoisotopic (exact) mass is 322 g/mol. The van der Waals surface area contributed by atoms with Gasteiger partial charge in [-0.2, -0.15) is 0 Å². The maximum atomic E-state index is 12.5. The molecule has 3 aromatic rings. The predicted octanol–water partition coefficient (Wildman–Crippen LogP) is 3.18. The van der Waals surface area contributed by atoms with Gasteiger partial charge in [0.05, 0.1) is 25.3 Å². The van der Waals surface area contributed by atoms with Gasteiger partial charge in [-0.25, -0.2) is 0 Å². The summed E-state index contributed by atoms with van der Waals surface area (Å²) in [5.74, 6) is 1.16. The van der Waals surface area contributed by atoms with Crippen molar-refractivity contribution in [3.8, 4) is 11.5 Å². The number of carbonyl (C=O) groups is 1. The first-order valence-corrected chi connectivity index (χ1v) is 7.56. The molecule has 0 fully saturated rings. The fourth-order valence-corrected chi connectivity index (χ4v) is 2.56. The number of carbonyl (C=O) groups excluding carboxylic acids is 1. The third-order valence-corrected chi connectivity index (χ3v) is 3.79. The Bertz CT molecular complexity index is 872. The lowest BCUT2D eigenvalue weighted by Gasteiger charge is -2.11. The molecular weight excluding hydrogens is 304 g/mol. The summed E-state index contributed by atoms with van der Waals surface area (Å²) in [6.07, 6.45) is 1.65. The molecule has 0 aliphatic heterocycles. The zero-order chi connectivity index (χ0) is 16.9. The second kappa shape index (κ2) is 7.00. The third-order valence-electron chi connectivity index (χ3n) is 3.79. The Balaban J connectivity index is 1.78. The van der Waals surface area contributed by atoms with Crippen LogP contribution < -0.4 is 14.8 Å². The second-order valence-electron chi connectivity index (χ2n) is 5.25. The van der Waals surface area contributed by atoms with Crippen LogP contribution in [0.5, 0.6) is 11.5 Å². The molecule has 0 bridgehead atoms. The average molecular weight is 322 g/mol. The summed E-state index contributed by atoms with van der Waals surface area (Å²) in [6.45, 7) is 0.399. The maximum absolute atomic E-state index is 12.5. The summed E-state index contributed by atoms with van der Waals surface area (Å²) in [5.41, 5.74) is 2.34. The molecule has 3 rings (SSSR count). The maximum Gasteiger partial charge on any atom is 0.252 e. The minimum absolute atomic E-state index is 0.136. The first kappa shape index (κ1) is 15.8. The van der Waals surface area contributed by atoms with Crippen LogP contribution in [0.4, 0.5) is 0 Å². The van der Waals surface area contributed by atoms with E-state index in [4.69, 9.17) is 9.47 Å². The Kier molecular flexibility index (Phi) is 4.61. The van der Waals surface area contributed by atoms with Gasteiger partial charge in [0, 0.05) is 18.1 Å². The first-order chi connectivity index (χ1) is 11.7. The van der Waals surface area contributed by atoms with E-state index in [-0.39, 0.29) is 5.91 Å². The molecule has 0 atom stereocenters. The van der Waals surface area contributed by atoms with Crippen molar-refractivity contribution in [1.29, 1.82) is 0 Å². The fraction of sp³-hybridized carbons (Fsp3) is 0.158. The van der Waals surface area contributed by atoms with Gasteiger partial charge in [-0.05, 0) is 29.8 Å². The van der Waals surface area contributed by atoms with Gasteiger partial charge in [0.25, 0.3) is 5.91 Å². The molecule has 2 aromatic carbocycles. The van der Waals surface area contributed by atoms with Crippen molar-refractivity contribution in [3.63, 3.8) is 0 Å². The van der Waals surface area contributed by atoms with Crippen LogP contribution in [0.15, 0.2) is 54.7 Å². The molecule has 1 aromatic heterocycles. The van der Waals surface area contributed by atoms with Crippen LogP contribution in [0.1, 0.15) is 15.9 Å². The van der Waals surface area contributed by atoms with E-state index in [1.807, 2.05) is 42.5 Å². The van der Waals surface area contributed by atoms with Crippen molar-refractivity contribution < 1.29 is 14.3 Å². The summed E-state index contributed by atoms with van der Waals surface area (Å²) in [4.78, 5) is 16.8. The van der Waals surface area contributed by atoms with Crippen LogP contribution in [0, 0.1) is 0 Å². The topological polar surface area (TPSA) is 60.5 Å². The van der Waals surface area contributed by atoms with Gasteiger partial charge in [-0.3, -0.25) is 9.78 Å². The van der Waals surface area contributed by atoms with Gasteiger partial charge in [-0.15, -0.1) is 0 Å². The normalized spacial score (nSPS) is 10.4. The summed E-state index contributed by atoms with van der Waals surface area (Å²) in [6, 6.07) is 14.9. The zero-order valence-electron chi connectivity index (χ0n) is 13.6. The highest BCUT2D eigenvalue weighted by Gasteiger charge is 2.11. The number of rotatable bonds is 5. The number of fused-ring (bicyclic) bond motifs is 1. The van der Waals surface area contributed by atoms with Crippen molar-refractivity contribution in [1.82, 2.24) is 10.3 Å². The van der Waals surface area contributed by atoms with Crippen LogP contribution in [-0.4, -0.2) is 25.1 Å². The van der Waals surface area contributed by atoms with E-state index in [0.717, 1.165) is 16.5 Å². The molecule has 122 valence electrons. The van der Waals surface area contributed by atoms with E-state index in [1.54, 1.807) is 26.5 Å². The van der Waals surface area contributed by atoms with E-state index in [0.29, 0.717) is 23.6 Å². The number of hydrogen-bond donors (Lipinski definition) is 1. The van der Waals surface area contributed by atoms with Crippen LogP contribution in [-0.2, 0) is 6.54 Å². The molecule has 0 aliphatic rings. The van der Waals surface area contributed by atoms with Crippen molar-refractivity contribution in [2.75, 3.05) is 14.2 Å². The predicted molar refractivity (Wildman–Crippen MR) is 92.5 cm³/mol. The highest BCUT2D eigenvalue weighted by Crippen LogP contribution is 2.27. The molecular formula is C19H18N2O3. The molecule has 24 heavy (non-hydrogen) atoms. The summed E-state index contributed by atoms with van der Waals surface area (Å²) in [5, 5.41) is 3.77. The standard InChI is InChI=1S/C19H18N2O3/c1-23-17-8-7-13(11-18(17)24-2)12-21-19(22)15-9-10-20-16-6-4-3-5-14(15)16/h3-11H,12H2,1-2H3,(H,21,22). The molecule has 1 heterocycles. The number of amides is 1. The molecule has 1 amide bonds. The number of pyridine rings is 1. The van der Waals surface area contributed by atoms with Crippen molar-refractivity contribution >= 4 is 16.8 Å². The lowest BCUT2D eigenvalue weighted by atomic mass is 10.1. The largest absolute Gasteiger partial charge is 0.493 e. The average Bonchev–Trinajstić information content (AvgIpc) is 2.65. The molecule has 0 spiro atoms. The molecule has 5 nitrogen and oxygen atoms in total. The number of methoxy groups -OCH3 is 2. The van der Waals surface area contributed by atoms with E-state index < -0.39 is 0 Å². The SMILES string of the molecule is COc1ccc(CNC(=O)c2ccnc3ccccc23)cc1OC. The highest BCUT2D eigenvalue weighted by atomic mass is 16.5. The van der Waals surface area contributed by atoms with E-state index in [2.05, 4.69) is 10.3 Å². The summed E-state index contributed by atoms with van der Waals surface area (Å²) >= 11 is 0. The van der Waals surface area contributed by atoms with Gasteiger partial charge in [-0.1, -0.05) is 24.3 Å². The van der Waals surface area contributed by atoms with Crippen LogP contribution in [0.25, 0.3) is 10.9 Å². The first-order valence-electron chi connectivity index (χ1n) is 7.56. The Morgan fingerprint density at radius 3 is 2.62 bits per heavy atom. The van der Waals surface area contributed by atoms with E-state index in [9.17, 15) is 4.79 Å². The number of hydrogen-bond acceptors (Lipinski definition) is 4. The minimum atomic E-state index is -0.136. The molecule has 0 radical (unpaired) electrons. The van der Waals surface area contributed by atoms with Crippen LogP contribution in [0.2, 0.25) is 0 Å². The number of para-hydroxylation sites is 1. The number of benzene rings is 2. The Morgan fingerprint density at radius 1 is 1.04 bits per heavy atom. The van der Waals surface area contributed by atoms with Gasteiger partial charge < -0.3 is 14.8 Å². The number of nitrogens with one attached hydrogen (secondary N) is 1. The second-order valence-corrected chi connectivity index (χ2v) is 5.25. The Morgan fingerprint density at radius 2 is 1.83 bits per heavy atom. The number of nitrogens with zero attached hydrogens (tertiary/aromatic N) is 1. The van der Waals surface area contributed by atoms with Gasteiger partial charge in [0.15, 0.2) is 11.5 Å². The van der Waals surface area contributed by atoms with Crippen molar-refractivity contribution in [2.24, 2.45) is 0 Å². The Labute approximate surface area is 140 Å². The number of aromatic nitrogens is 1. The van der Waals surface area contributed by atoms with E-state index >= 15 is 0 Å². The zero-order valence-corrected chi connectivity index (χ0v) is 13.6. The number of ether oxygens (including phenoxy) is 2. The van der Waals surface area contributed by atoms with Crippen molar-refractivity contribution in [2.45, 2.75) is 6.54 Å². The molecule has 0 aliphatic carbocycles. The van der Waals surface area contributed by atoms with Crippen LogP contribution >= 0.6 is 0 Å². The van der Waals surface area contributed by atoms with Crippen LogP contribution in [0.3, 0.4) is 0 Å². The Hall–Kier alpha value is -3.08. The van der Waals surface area contributed by atoms with Gasteiger partial charge >= 0.3 is 0 Å². The molecule has 1 N–H and O–H groups in total. The third kappa shape index (κ3) is 3.15. The van der Waals surface area contributed by atoms with E-state index in [1.165, 1.54) is 0 Å². The summed E-state index contributed by atoms with van der Waals surface area (Å²) < 4.78 is 10.5. The molecule has 5 heteroatoms. The highest BCUT2D eigenvalue weighted by molar-refractivity contribution is 6.05. The molecule has 0 saturated carbocycles. The van der Waals surface area contributed by atoms with Gasteiger partial charge in [0.2, 0.25) is 0 Å². The van der Waals surface area contributed by atoms with Crippen molar-refractivity contribution in [3.05, 3.63) is 65.9 Å². The lowest BCUT2D eigenvalue weighted by Crippen LogP contribution is -2.23. The smallest absolute Gasteiger partial charge is 0.252 e.